The van der Waals surface area contributed by atoms with Crippen LogP contribution < -0.4 is 15.8 Å². The first-order valence-electron chi connectivity index (χ1n) is 7.00. The summed E-state index contributed by atoms with van der Waals surface area (Å²) in [5, 5.41) is 2.78. The Bertz CT molecular complexity index is 479. The first-order chi connectivity index (χ1) is 9.65. The van der Waals surface area contributed by atoms with Crippen molar-refractivity contribution in [1.82, 2.24) is 0 Å². The van der Waals surface area contributed by atoms with Crippen molar-refractivity contribution in [2.24, 2.45) is 17.6 Å². The Balaban J connectivity index is 2.05. The van der Waals surface area contributed by atoms with Crippen LogP contribution in [0.4, 0.5) is 10.1 Å². The average Bonchev–Trinajstić information content (AvgIpc) is 2.47. The summed E-state index contributed by atoms with van der Waals surface area (Å²) >= 11 is 0. The van der Waals surface area contributed by atoms with Crippen molar-refractivity contribution in [2.75, 3.05) is 19.0 Å². The molecule has 5 heteroatoms. The van der Waals surface area contributed by atoms with Gasteiger partial charge < -0.3 is 15.8 Å². The molecule has 0 spiro atoms. The van der Waals surface area contributed by atoms with Gasteiger partial charge in [-0.25, -0.2) is 4.39 Å². The van der Waals surface area contributed by atoms with Gasteiger partial charge in [-0.3, -0.25) is 4.79 Å². The fourth-order valence-electron chi connectivity index (χ4n) is 2.81. The number of rotatable bonds is 4. The van der Waals surface area contributed by atoms with Gasteiger partial charge in [0.2, 0.25) is 5.91 Å². The average molecular weight is 280 g/mol. The van der Waals surface area contributed by atoms with Crippen molar-refractivity contribution in [1.29, 1.82) is 0 Å². The highest BCUT2D eigenvalue weighted by molar-refractivity contribution is 5.92. The lowest BCUT2D eigenvalue weighted by molar-refractivity contribution is -0.122. The Morgan fingerprint density at radius 2 is 2.20 bits per heavy atom. The molecule has 2 atom stereocenters. The quantitative estimate of drug-likeness (QED) is 0.890. The third kappa shape index (κ3) is 3.28. The van der Waals surface area contributed by atoms with Crippen molar-refractivity contribution in [3.05, 3.63) is 24.0 Å². The van der Waals surface area contributed by atoms with Crippen molar-refractivity contribution in [3.8, 4) is 5.75 Å². The van der Waals surface area contributed by atoms with Crippen LogP contribution in [0.25, 0.3) is 0 Å². The summed E-state index contributed by atoms with van der Waals surface area (Å²) in [5.74, 6) is -0.222. The van der Waals surface area contributed by atoms with Crippen LogP contribution >= 0.6 is 0 Å². The summed E-state index contributed by atoms with van der Waals surface area (Å²) in [5.41, 5.74) is 6.18. The lowest BCUT2D eigenvalue weighted by Crippen LogP contribution is -2.35. The van der Waals surface area contributed by atoms with Crippen LogP contribution in [0.1, 0.15) is 25.7 Å². The number of methoxy groups -OCH3 is 1. The van der Waals surface area contributed by atoms with Crippen molar-refractivity contribution in [2.45, 2.75) is 25.7 Å². The molecule has 0 saturated heterocycles. The fourth-order valence-corrected chi connectivity index (χ4v) is 2.81. The van der Waals surface area contributed by atoms with Crippen LogP contribution in [0.5, 0.6) is 5.75 Å². The Morgan fingerprint density at radius 3 is 2.85 bits per heavy atom. The van der Waals surface area contributed by atoms with E-state index in [2.05, 4.69) is 5.32 Å². The van der Waals surface area contributed by atoms with Crippen molar-refractivity contribution >= 4 is 11.6 Å². The fraction of sp³-hybridized carbons (Fsp3) is 0.533. The number of nitrogens with one attached hydrogen (secondary N) is 1. The largest absolute Gasteiger partial charge is 0.494 e. The third-order valence-electron chi connectivity index (χ3n) is 3.97. The monoisotopic (exact) mass is 280 g/mol. The van der Waals surface area contributed by atoms with Crippen LogP contribution in [0.15, 0.2) is 18.2 Å². The summed E-state index contributed by atoms with van der Waals surface area (Å²) in [6.45, 7) is 0.523. The normalized spacial score (nSPS) is 22.4. The van der Waals surface area contributed by atoms with E-state index in [0.717, 1.165) is 25.7 Å². The van der Waals surface area contributed by atoms with E-state index in [1.165, 1.54) is 19.2 Å². The molecule has 110 valence electrons. The second kappa shape index (κ2) is 6.70. The Hall–Kier alpha value is -1.62. The molecule has 1 aliphatic rings. The topological polar surface area (TPSA) is 64.3 Å². The Labute approximate surface area is 118 Å². The number of carbonyl (C=O) groups excluding carboxylic acids is 1. The van der Waals surface area contributed by atoms with Gasteiger partial charge in [-0.05, 0) is 37.4 Å². The molecule has 3 N–H and O–H groups in total. The summed E-state index contributed by atoms with van der Waals surface area (Å²) in [4.78, 5) is 12.3. The Morgan fingerprint density at radius 1 is 1.45 bits per heavy atom. The van der Waals surface area contributed by atoms with E-state index >= 15 is 0 Å². The van der Waals surface area contributed by atoms with E-state index in [-0.39, 0.29) is 23.5 Å². The standard InChI is InChI=1S/C15H21FN2O2/c1-20-14-7-6-11(8-13(14)16)18-15(19)12-5-3-2-4-10(12)9-17/h6-8,10,12H,2-5,9,17H2,1H3,(H,18,19). The lowest BCUT2D eigenvalue weighted by Gasteiger charge is -2.29. The van der Waals surface area contributed by atoms with Crippen LogP contribution in [0, 0.1) is 17.7 Å². The lowest BCUT2D eigenvalue weighted by atomic mass is 9.78. The van der Waals surface area contributed by atoms with Gasteiger partial charge >= 0.3 is 0 Å². The highest BCUT2D eigenvalue weighted by atomic mass is 19.1. The number of anilines is 1. The number of carbonyl (C=O) groups is 1. The minimum absolute atomic E-state index is 0.0651. The first kappa shape index (κ1) is 14.8. The molecule has 20 heavy (non-hydrogen) atoms. The molecule has 0 aliphatic heterocycles. The van der Waals surface area contributed by atoms with Gasteiger partial charge in [-0.15, -0.1) is 0 Å². The maximum absolute atomic E-state index is 13.6. The summed E-state index contributed by atoms with van der Waals surface area (Å²) < 4.78 is 18.4. The summed E-state index contributed by atoms with van der Waals surface area (Å²) in [6.07, 6.45) is 4.02. The molecule has 1 saturated carbocycles. The molecule has 0 aromatic heterocycles. The molecule has 0 radical (unpaired) electrons. The van der Waals surface area contributed by atoms with Gasteiger partial charge in [0, 0.05) is 17.7 Å². The zero-order chi connectivity index (χ0) is 14.5. The number of benzene rings is 1. The van der Waals surface area contributed by atoms with E-state index in [1.807, 2.05) is 0 Å². The minimum Gasteiger partial charge on any atom is -0.494 e. The number of hydrogen-bond acceptors (Lipinski definition) is 3. The summed E-state index contributed by atoms with van der Waals surface area (Å²) in [7, 11) is 1.41. The molecule has 2 rings (SSSR count). The molecule has 4 nitrogen and oxygen atoms in total. The first-order valence-corrected chi connectivity index (χ1v) is 7.00. The minimum atomic E-state index is -0.482. The third-order valence-corrected chi connectivity index (χ3v) is 3.97. The molecule has 1 aromatic carbocycles. The molecule has 0 heterocycles. The molecule has 0 bridgehead atoms. The molecule has 2 unspecified atom stereocenters. The predicted octanol–water partition coefficient (Wildman–Crippen LogP) is 2.54. The smallest absolute Gasteiger partial charge is 0.227 e. The van der Waals surface area contributed by atoms with E-state index in [0.29, 0.717) is 12.2 Å². The van der Waals surface area contributed by atoms with Crippen molar-refractivity contribution < 1.29 is 13.9 Å². The van der Waals surface area contributed by atoms with Gasteiger partial charge in [0.25, 0.3) is 0 Å². The zero-order valence-corrected chi connectivity index (χ0v) is 11.7. The molecular formula is C15H21FN2O2. The number of ether oxygens (including phenoxy) is 1. The second-order valence-corrected chi connectivity index (χ2v) is 5.23. The maximum atomic E-state index is 13.6. The second-order valence-electron chi connectivity index (χ2n) is 5.23. The molecular weight excluding hydrogens is 259 g/mol. The van der Waals surface area contributed by atoms with E-state index in [4.69, 9.17) is 10.5 Å². The molecule has 1 fully saturated rings. The SMILES string of the molecule is COc1ccc(NC(=O)C2CCCCC2CN)cc1F. The number of halogens is 1. The molecule has 1 amide bonds. The van der Waals surface area contributed by atoms with E-state index in [9.17, 15) is 9.18 Å². The number of nitrogens with two attached hydrogens (primary N) is 1. The molecule has 1 aliphatic carbocycles. The maximum Gasteiger partial charge on any atom is 0.227 e. The van der Waals surface area contributed by atoms with Gasteiger partial charge in [-0.1, -0.05) is 12.8 Å². The van der Waals surface area contributed by atoms with Gasteiger partial charge in [0.15, 0.2) is 11.6 Å². The van der Waals surface area contributed by atoms with Crippen LogP contribution in [-0.2, 0) is 4.79 Å². The van der Waals surface area contributed by atoms with Crippen LogP contribution in [0.2, 0.25) is 0 Å². The van der Waals surface area contributed by atoms with E-state index < -0.39 is 5.82 Å². The van der Waals surface area contributed by atoms with Crippen LogP contribution in [-0.4, -0.2) is 19.6 Å². The van der Waals surface area contributed by atoms with Gasteiger partial charge in [-0.2, -0.15) is 0 Å². The summed E-state index contributed by atoms with van der Waals surface area (Å²) in [6, 6.07) is 4.42. The van der Waals surface area contributed by atoms with Gasteiger partial charge in [0.05, 0.1) is 7.11 Å². The van der Waals surface area contributed by atoms with E-state index in [1.54, 1.807) is 6.07 Å². The Kier molecular flexibility index (Phi) is 4.95. The highest BCUT2D eigenvalue weighted by Gasteiger charge is 2.29. The zero-order valence-electron chi connectivity index (χ0n) is 11.7. The highest BCUT2D eigenvalue weighted by Crippen LogP contribution is 2.30. The van der Waals surface area contributed by atoms with Crippen LogP contribution in [0.3, 0.4) is 0 Å². The number of hydrogen-bond donors (Lipinski definition) is 2. The van der Waals surface area contributed by atoms with Gasteiger partial charge in [0.1, 0.15) is 0 Å². The molecule has 1 aromatic rings. The van der Waals surface area contributed by atoms with Crippen molar-refractivity contribution in [3.63, 3.8) is 0 Å². The number of amides is 1. The predicted molar refractivity (Wildman–Crippen MR) is 76.1 cm³/mol.